The molecule has 234 valence electrons. The van der Waals surface area contributed by atoms with E-state index < -0.39 is 6.03 Å². The number of likely N-dealkylation sites (N-methyl/N-ethyl adjacent to an activating group) is 1. The molecule has 3 aliphatic heterocycles. The van der Waals surface area contributed by atoms with Crippen molar-refractivity contribution in [3.8, 4) is 6.07 Å². The summed E-state index contributed by atoms with van der Waals surface area (Å²) in [6.07, 6.45) is 2.98. The molecule has 46 heavy (non-hydrogen) atoms. The second-order valence-corrected chi connectivity index (χ2v) is 12.0. The predicted molar refractivity (Wildman–Crippen MR) is 173 cm³/mol. The number of aryl methyl sites for hydroxylation is 1. The van der Waals surface area contributed by atoms with Gasteiger partial charge in [0.2, 0.25) is 17.8 Å². The number of fused-ring (bicyclic) bond motifs is 2. The van der Waals surface area contributed by atoms with Crippen LogP contribution in [0.1, 0.15) is 30.9 Å². The molecule has 0 unspecified atom stereocenters. The maximum atomic E-state index is 12.4. The van der Waals surface area contributed by atoms with Crippen LogP contribution in [-0.2, 0) is 23.1 Å². The average Bonchev–Trinajstić information content (AvgIpc) is 3.51. The first-order chi connectivity index (χ1) is 22.2. The van der Waals surface area contributed by atoms with Crippen LogP contribution in [0.2, 0.25) is 0 Å². The van der Waals surface area contributed by atoms with E-state index in [9.17, 15) is 19.6 Å². The first-order valence-electron chi connectivity index (χ1n) is 15.2. The first kappa shape index (κ1) is 29.0. The molecule has 2 aromatic carbocycles. The van der Waals surface area contributed by atoms with E-state index in [1.54, 1.807) is 22.8 Å². The van der Waals surface area contributed by atoms with E-state index in [2.05, 4.69) is 43.9 Å². The van der Waals surface area contributed by atoms with E-state index >= 15 is 0 Å². The molecule has 2 fully saturated rings. The van der Waals surface area contributed by atoms with Gasteiger partial charge in [-0.3, -0.25) is 24.5 Å². The molecule has 5 heterocycles. The van der Waals surface area contributed by atoms with Crippen LogP contribution in [0, 0.1) is 17.2 Å². The van der Waals surface area contributed by atoms with E-state index in [4.69, 9.17) is 4.98 Å². The summed E-state index contributed by atoms with van der Waals surface area (Å²) < 4.78 is 1.75. The Morgan fingerprint density at radius 1 is 1.07 bits per heavy atom. The summed E-state index contributed by atoms with van der Waals surface area (Å²) in [5.74, 6) is 1.54. The van der Waals surface area contributed by atoms with Gasteiger partial charge in [0.15, 0.2) is 11.6 Å². The molecule has 0 bridgehead atoms. The Kier molecular flexibility index (Phi) is 7.15. The van der Waals surface area contributed by atoms with Crippen molar-refractivity contribution >= 4 is 63.4 Å². The number of hydrogen-bond acceptors (Lipinski definition) is 10. The van der Waals surface area contributed by atoms with Crippen LogP contribution in [0.5, 0.6) is 0 Å². The molecule has 4 aromatic rings. The largest absolute Gasteiger partial charge is 0.382 e. The van der Waals surface area contributed by atoms with Gasteiger partial charge in [0, 0.05) is 68.6 Å². The number of benzene rings is 2. The van der Waals surface area contributed by atoms with E-state index in [0.717, 1.165) is 53.0 Å². The van der Waals surface area contributed by atoms with E-state index in [1.165, 1.54) is 4.90 Å². The molecule has 7 rings (SSSR count). The van der Waals surface area contributed by atoms with E-state index in [0.29, 0.717) is 36.1 Å². The predicted octanol–water partition coefficient (Wildman–Crippen LogP) is 3.27. The van der Waals surface area contributed by atoms with Gasteiger partial charge in [-0.05, 0) is 54.3 Å². The Morgan fingerprint density at radius 3 is 2.67 bits per heavy atom. The second kappa shape index (κ2) is 11.3. The summed E-state index contributed by atoms with van der Waals surface area (Å²) >= 11 is 0. The molecule has 14 nitrogen and oxygen atoms in total. The molecular weight excluding hydrogens is 586 g/mol. The number of carbonyl (C=O) groups excluding carboxylic acids is 3. The third kappa shape index (κ3) is 5.19. The minimum Gasteiger partial charge on any atom is -0.382 e. The van der Waals surface area contributed by atoms with Crippen molar-refractivity contribution in [2.75, 3.05) is 52.0 Å². The third-order valence-corrected chi connectivity index (χ3v) is 9.00. The first-order valence-corrected chi connectivity index (χ1v) is 15.2. The zero-order valence-electron chi connectivity index (χ0n) is 25.7. The zero-order chi connectivity index (χ0) is 32.1. The Morgan fingerprint density at radius 2 is 1.89 bits per heavy atom. The second-order valence-electron chi connectivity index (χ2n) is 12.0. The van der Waals surface area contributed by atoms with Crippen LogP contribution in [0.4, 0.5) is 39.4 Å². The van der Waals surface area contributed by atoms with Crippen molar-refractivity contribution in [3.63, 3.8) is 0 Å². The third-order valence-electron chi connectivity index (χ3n) is 9.00. The molecular formula is C32H33N11O3. The molecule has 0 radical (unpaired) electrons. The van der Waals surface area contributed by atoms with Gasteiger partial charge in [-0.2, -0.15) is 15.3 Å². The number of rotatable bonds is 6. The minimum atomic E-state index is -0.456. The highest BCUT2D eigenvalue weighted by Crippen LogP contribution is 2.33. The van der Waals surface area contributed by atoms with Crippen LogP contribution in [0.15, 0.2) is 42.6 Å². The fourth-order valence-electron chi connectivity index (χ4n) is 6.44. The summed E-state index contributed by atoms with van der Waals surface area (Å²) in [6.45, 7) is 3.92. The molecule has 2 atom stereocenters. The fourth-order valence-corrected chi connectivity index (χ4v) is 6.44. The highest BCUT2D eigenvalue weighted by Gasteiger charge is 2.30. The molecule has 0 aliphatic carbocycles. The molecule has 4 amide bonds. The lowest BCUT2D eigenvalue weighted by Crippen LogP contribution is -2.49. The number of nitrogens with zero attached hydrogens (tertiary/aromatic N) is 8. The van der Waals surface area contributed by atoms with Gasteiger partial charge in [-0.15, -0.1) is 0 Å². The van der Waals surface area contributed by atoms with Crippen molar-refractivity contribution in [2.24, 2.45) is 13.0 Å². The maximum absolute atomic E-state index is 12.4. The van der Waals surface area contributed by atoms with E-state index in [1.807, 2.05) is 43.4 Å². The van der Waals surface area contributed by atoms with Crippen LogP contribution < -0.4 is 30.7 Å². The van der Waals surface area contributed by atoms with Crippen molar-refractivity contribution < 1.29 is 14.4 Å². The van der Waals surface area contributed by atoms with Crippen molar-refractivity contribution in [3.05, 3.63) is 53.7 Å². The highest BCUT2D eigenvalue weighted by molar-refractivity contribution is 6.09. The van der Waals surface area contributed by atoms with Gasteiger partial charge in [0.25, 0.3) is 0 Å². The number of carbonyl (C=O) groups is 3. The number of imide groups is 1. The van der Waals surface area contributed by atoms with Gasteiger partial charge in [-0.1, -0.05) is 6.92 Å². The van der Waals surface area contributed by atoms with Crippen molar-refractivity contribution in [2.45, 2.75) is 32.2 Å². The SMILES string of the molecule is C[C@@H]1CN(c2ncc(C#N)c(Nc3ccc4c(c3)CC(=O)N4C)n2)CC[C@H]1Nc1ccc2c(N3CCC(=O)NC3=O)nn(C)c2c1. The molecule has 0 spiro atoms. The van der Waals surface area contributed by atoms with Crippen LogP contribution in [0.3, 0.4) is 0 Å². The molecule has 3 aliphatic rings. The van der Waals surface area contributed by atoms with Gasteiger partial charge in [0.1, 0.15) is 11.6 Å². The molecule has 2 aromatic heterocycles. The van der Waals surface area contributed by atoms with Crippen LogP contribution in [-0.4, -0.2) is 70.3 Å². The molecule has 14 heteroatoms. The lowest BCUT2D eigenvalue weighted by Gasteiger charge is -2.37. The summed E-state index contributed by atoms with van der Waals surface area (Å²) in [6, 6.07) is 13.6. The number of anilines is 6. The normalized spacial score (nSPS) is 19.7. The standard InChI is InChI=1S/C32H33N11O3/c1-18-17-42(31-34-16-20(15-33)29(38-31)36-21-5-7-25-19(12-21)13-28(45)40(25)2)10-8-24(18)35-22-4-6-23-26(14-22)41(3)39-30(23)43-11-9-27(44)37-32(43)46/h4-7,12,14,16,18,24,35H,8-11,13,17H2,1-3H3,(H,34,36,38)(H,37,44,46)/t18-,24-/m1/s1. The quantitative estimate of drug-likeness (QED) is 0.292. The summed E-state index contributed by atoms with van der Waals surface area (Å²) in [7, 11) is 3.61. The van der Waals surface area contributed by atoms with Crippen LogP contribution >= 0.6 is 0 Å². The number of urea groups is 1. The molecule has 0 saturated carbocycles. The summed E-state index contributed by atoms with van der Waals surface area (Å²) in [4.78, 5) is 50.7. The maximum Gasteiger partial charge on any atom is 0.329 e. The Hall–Kier alpha value is -5.71. The average molecular weight is 620 g/mol. The van der Waals surface area contributed by atoms with Gasteiger partial charge < -0.3 is 20.4 Å². The number of nitrogens with one attached hydrogen (secondary N) is 3. The number of piperidine rings is 1. The monoisotopic (exact) mass is 619 g/mol. The zero-order valence-corrected chi connectivity index (χ0v) is 25.7. The number of aromatic nitrogens is 4. The van der Waals surface area contributed by atoms with Gasteiger partial charge in [0.05, 0.1) is 18.1 Å². The molecule has 3 N–H and O–H groups in total. The Balaban J connectivity index is 1.04. The Bertz CT molecular complexity index is 1950. The van der Waals surface area contributed by atoms with Crippen LogP contribution in [0.25, 0.3) is 10.9 Å². The topological polar surface area (TPSA) is 164 Å². The molecule has 2 saturated heterocycles. The minimum absolute atomic E-state index is 0.0517. The lowest BCUT2D eigenvalue weighted by atomic mass is 9.93. The smallest absolute Gasteiger partial charge is 0.329 e. The van der Waals surface area contributed by atoms with E-state index in [-0.39, 0.29) is 30.2 Å². The Labute approximate surface area is 265 Å². The highest BCUT2D eigenvalue weighted by atomic mass is 16.2. The summed E-state index contributed by atoms with van der Waals surface area (Å²) in [5.41, 5.74) is 4.75. The number of nitriles is 1. The summed E-state index contributed by atoms with van der Waals surface area (Å²) in [5, 5.41) is 24.5. The fraction of sp³-hybridized carbons (Fsp3) is 0.344. The van der Waals surface area contributed by atoms with Gasteiger partial charge in [-0.25, -0.2) is 9.78 Å². The lowest BCUT2D eigenvalue weighted by molar-refractivity contribution is -0.120. The number of amides is 4. The van der Waals surface area contributed by atoms with Gasteiger partial charge >= 0.3 is 6.03 Å². The van der Waals surface area contributed by atoms with Crippen molar-refractivity contribution in [1.29, 1.82) is 5.26 Å². The number of hydrogen-bond donors (Lipinski definition) is 3. The van der Waals surface area contributed by atoms with Crippen molar-refractivity contribution in [1.82, 2.24) is 25.1 Å².